The summed E-state index contributed by atoms with van der Waals surface area (Å²) in [5, 5.41) is 7.09. The number of aromatic nitrogens is 5. The Morgan fingerprint density at radius 2 is 2.19 bits per heavy atom. The molecule has 0 aliphatic carbocycles. The molecule has 0 aliphatic heterocycles. The van der Waals surface area contributed by atoms with E-state index in [0.717, 1.165) is 30.4 Å². The van der Waals surface area contributed by atoms with Crippen molar-refractivity contribution in [3.05, 3.63) is 52.6 Å². The molecular weight excluding hydrogens is 363 g/mol. The summed E-state index contributed by atoms with van der Waals surface area (Å²) >= 11 is 0. The zero-order chi connectivity index (χ0) is 19.4. The molecule has 0 aromatic carbocycles. The van der Waals surface area contributed by atoms with Crippen LogP contribution < -0.4 is 10.9 Å². The van der Waals surface area contributed by atoms with Gasteiger partial charge in [0.25, 0.3) is 5.56 Å². The first-order valence-electron chi connectivity index (χ1n) is 8.87. The topological polar surface area (TPSA) is 94.2 Å². The fourth-order valence-electron chi connectivity index (χ4n) is 2.85. The van der Waals surface area contributed by atoms with E-state index in [1.807, 2.05) is 30.5 Å². The van der Waals surface area contributed by atoms with Gasteiger partial charge in [0.2, 0.25) is 5.91 Å². The zero-order valence-electron chi connectivity index (χ0n) is 15.4. The van der Waals surface area contributed by atoms with Gasteiger partial charge in [-0.05, 0) is 36.7 Å². The standard InChI is InChI=1S/C18H23N6O2P/c1-12(2)17-22-24(10-16(25)21-15-5-6-19-11-20-15)18(26)14-8-13(4-3-7-27)9-23(14)17/h5-6,8-9,11-12H,3-4,7,10,27H2,1-2H3,(H,19,20,21,25). The summed E-state index contributed by atoms with van der Waals surface area (Å²) in [4.78, 5) is 32.9. The van der Waals surface area contributed by atoms with Crippen LogP contribution in [0.4, 0.5) is 5.82 Å². The Hall–Kier alpha value is -2.60. The highest BCUT2D eigenvalue weighted by atomic mass is 31.0. The quantitative estimate of drug-likeness (QED) is 0.626. The smallest absolute Gasteiger partial charge is 0.291 e. The van der Waals surface area contributed by atoms with Crippen LogP contribution >= 0.6 is 9.24 Å². The first-order valence-corrected chi connectivity index (χ1v) is 9.69. The van der Waals surface area contributed by atoms with E-state index in [4.69, 9.17) is 0 Å². The molecule has 0 radical (unpaired) electrons. The number of carbonyl (C=O) groups excluding carboxylic acids is 1. The summed E-state index contributed by atoms with van der Waals surface area (Å²) in [6.45, 7) is 3.85. The zero-order valence-corrected chi connectivity index (χ0v) is 16.6. The number of anilines is 1. The van der Waals surface area contributed by atoms with Crippen molar-refractivity contribution in [3.63, 3.8) is 0 Å². The SMILES string of the molecule is CC(C)c1nn(CC(=O)Nc2ccncn2)c(=O)c2cc(CCCP)cn12. The maximum Gasteiger partial charge on any atom is 0.291 e. The predicted molar refractivity (Wildman–Crippen MR) is 107 cm³/mol. The van der Waals surface area contributed by atoms with Crippen molar-refractivity contribution in [3.8, 4) is 0 Å². The molecule has 1 atom stereocenters. The fourth-order valence-corrected chi connectivity index (χ4v) is 3.05. The van der Waals surface area contributed by atoms with Gasteiger partial charge in [-0.25, -0.2) is 14.6 Å². The summed E-state index contributed by atoms with van der Waals surface area (Å²) in [6.07, 6.45) is 7.80. The largest absolute Gasteiger partial charge is 0.309 e. The van der Waals surface area contributed by atoms with E-state index in [-0.39, 0.29) is 23.9 Å². The van der Waals surface area contributed by atoms with E-state index in [0.29, 0.717) is 11.3 Å². The van der Waals surface area contributed by atoms with Crippen LogP contribution in [0.25, 0.3) is 5.52 Å². The fraction of sp³-hybridized carbons (Fsp3) is 0.389. The normalized spacial score (nSPS) is 11.3. The van der Waals surface area contributed by atoms with Gasteiger partial charge in [-0.3, -0.25) is 14.0 Å². The summed E-state index contributed by atoms with van der Waals surface area (Å²) in [6, 6.07) is 3.48. The molecule has 0 spiro atoms. The van der Waals surface area contributed by atoms with Crippen molar-refractivity contribution in [1.29, 1.82) is 0 Å². The molecule has 27 heavy (non-hydrogen) atoms. The molecule has 0 saturated carbocycles. The summed E-state index contributed by atoms with van der Waals surface area (Å²) in [5.74, 6) is 0.871. The molecule has 142 valence electrons. The number of amides is 1. The number of fused-ring (bicyclic) bond motifs is 1. The van der Waals surface area contributed by atoms with Crippen LogP contribution in [0.1, 0.15) is 37.6 Å². The van der Waals surface area contributed by atoms with Gasteiger partial charge in [0.15, 0.2) is 0 Å². The molecule has 1 N–H and O–H groups in total. The highest BCUT2D eigenvalue weighted by molar-refractivity contribution is 7.16. The van der Waals surface area contributed by atoms with Gasteiger partial charge in [0.05, 0.1) is 0 Å². The Balaban J connectivity index is 1.94. The second kappa shape index (κ2) is 8.39. The summed E-state index contributed by atoms with van der Waals surface area (Å²) in [5.41, 5.74) is 1.36. The number of rotatable bonds is 7. The van der Waals surface area contributed by atoms with Crippen LogP contribution in [-0.4, -0.2) is 36.2 Å². The lowest BCUT2D eigenvalue weighted by Gasteiger charge is -2.12. The Kier molecular flexibility index (Phi) is 5.96. The minimum Gasteiger partial charge on any atom is -0.309 e. The Morgan fingerprint density at radius 1 is 1.37 bits per heavy atom. The average Bonchev–Trinajstić information content (AvgIpc) is 3.07. The Morgan fingerprint density at radius 3 is 2.85 bits per heavy atom. The van der Waals surface area contributed by atoms with Gasteiger partial charge in [-0.15, -0.1) is 9.24 Å². The molecule has 0 bridgehead atoms. The molecule has 3 aromatic rings. The third-order valence-electron chi connectivity index (χ3n) is 4.13. The highest BCUT2D eigenvalue weighted by Crippen LogP contribution is 2.16. The lowest BCUT2D eigenvalue weighted by Crippen LogP contribution is -2.32. The van der Waals surface area contributed by atoms with Gasteiger partial charge in [0.1, 0.15) is 30.0 Å². The average molecular weight is 386 g/mol. The number of hydrogen-bond acceptors (Lipinski definition) is 5. The van der Waals surface area contributed by atoms with E-state index in [1.165, 1.54) is 17.2 Å². The molecule has 3 aromatic heterocycles. The number of carbonyl (C=O) groups is 1. The van der Waals surface area contributed by atoms with E-state index < -0.39 is 0 Å². The van der Waals surface area contributed by atoms with Crippen molar-refractivity contribution in [2.45, 2.75) is 39.2 Å². The maximum atomic E-state index is 12.8. The summed E-state index contributed by atoms with van der Waals surface area (Å²) in [7, 11) is 2.71. The van der Waals surface area contributed by atoms with Crippen LogP contribution in [0, 0.1) is 0 Å². The molecule has 0 fully saturated rings. The van der Waals surface area contributed by atoms with E-state index in [1.54, 1.807) is 6.07 Å². The molecule has 0 saturated heterocycles. The molecular formula is C18H23N6O2P. The van der Waals surface area contributed by atoms with Gasteiger partial charge >= 0.3 is 0 Å². The van der Waals surface area contributed by atoms with Crippen LogP contribution in [-0.2, 0) is 17.8 Å². The van der Waals surface area contributed by atoms with Crippen molar-refractivity contribution in [2.24, 2.45) is 0 Å². The van der Waals surface area contributed by atoms with Gasteiger partial charge in [0, 0.05) is 18.3 Å². The first-order chi connectivity index (χ1) is 13.0. The maximum absolute atomic E-state index is 12.8. The van der Waals surface area contributed by atoms with Crippen LogP contribution in [0.3, 0.4) is 0 Å². The second-order valence-electron chi connectivity index (χ2n) is 6.61. The molecule has 3 heterocycles. The lowest BCUT2D eigenvalue weighted by atomic mass is 10.2. The summed E-state index contributed by atoms with van der Waals surface area (Å²) < 4.78 is 3.07. The third-order valence-corrected chi connectivity index (χ3v) is 4.54. The predicted octanol–water partition coefficient (Wildman–Crippen LogP) is 1.86. The Bertz CT molecular complexity index is 996. The van der Waals surface area contributed by atoms with Gasteiger partial charge in [-0.2, -0.15) is 5.10 Å². The lowest BCUT2D eigenvalue weighted by molar-refractivity contribution is -0.117. The molecule has 1 amide bonds. The molecule has 9 heteroatoms. The number of nitrogens with zero attached hydrogens (tertiary/aromatic N) is 5. The number of hydrogen-bond donors (Lipinski definition) is 1. The monoisotopic (exact) mass is 386 g/mol. The first kappa shape index (κ1) is 19.2. The van der Waals surface area contributed by atoms with Crippen LogP contribution in [0.15, 0.2) is 35.6 Å². The third kappa shape index (κ3) is 4.39. The molecule has 1 unspecified atom stereocenters. The van der Waals surface area contributed by atoms with Gasteiger partial charge < -0.3 is 5.32 Å². The molecule has 3 rings (SSSR count). The van der Waals surface area contributed by atoms with Crippen molar-refractivity contribution >= 4 is 26.5 Å². The van der Waals surface area contributed by atoms with Crippen molar-refractivity contribution in [2.75, 3.05) is 11.5 Å². The van der Waals surface area contributed by atoms with Gasteiger partial charge in [-0.1, -0.05) is 13.8 Å². The van der Waals surface area contributed by atoms with Crippen molar-refractivity contribution in [1.82, 2.24) is 24.1 Å². The van der Waals surface area contributed by atoms with Crippen LogP contribution in [0.5, 0.6) is 0 Å². The highest BCUT2D eigenvalue weighted by Gasteiger charge is 2.16. The van der Waals surface area contributed by atoms with E-state index in [9.17, 15) is 9.59 Å². The molecule has 8 nitrogen and oxygen atoms in total. The van der Waals surface area contributed by atoms with E-state index >= 15 is 0 Å². The van der Waals surface area contributed by atoms with Crippen LogP contribution in [0.2, 0.25) is 0 Å². The minimum atomic E-state index is -0.364. The van der Waals surface area contributed by atoms with Crippen molar-refractivity contribution < 1.29 is 4.79 Å². The minimum absolute atomic E-state index is 0.103. The number of nitrogens with one attached hydrogen (secondary N) is 1. The number of aryl methyl sites for hydroxylation is 1. The Labute approximate surface area is 159 Å². The van der Waals surface area contributed by atoms with E-state index in [2.05, 4.69) is 29.6 Å². The second-order valence-corrected chi connectivity index (χ2v) is 7.19. The molecule has 0 aliphatic rings.